The zero-order valence-electron chi connectivity index (χ0n) is 16.0. The topological polar surface area (TPSA) is 54.0 Å². The summed E-state index contributed by atoms with van der Waals surface area (Å²) in [4.78, 5) is 16.7. The molecule has 4 nitrogen and oxygen atoms in total. The van der Waals surface area contributed by atoms with Crippen molar-refractivity contribution in [3.05, 3.63) is 53.9 Å². The first kappa shape index (κ1) is 18.4. The van der Waals surface area contributed by atoms with E-state index in [0.717, 1.165) is 11.4 Å². The summed E-state index contributed by atoms with van der Waals surface area (Å²) in [6.07, 6.45) is 8.11. The lowest BCUT2D eigenvalue weighted by molar-refractivity contribution is 0.102. The van der Waals surface area contributed by atoms with E-state index in [4.69, 9.17) is 0 Å². The number of nitrogens with one attached hydrogen (secondary N) is 2. The molecule has 0 radical (unpaired) electrons. The lowest BCUT2D eigenvalue weighted by atomic mass is 9.87. The van der Waals surface area contributed by atoms with Crippen LogP contribution in [-0.4, -0.2) is 16.9 Å². The third-order valence-electron chi connectivity index (χ3n) is 4.98. The summed E-state index contributed by atoms with van der Waals surface area (Å²) < 4.78 is 0. The molecule has 3 rings (SSSR count). The van der Waals surface area contributed by atoms with Crippen molar-refractivity contribution in [2.75, 3.05) is 10.6 Å². The Hall–Kier alpha value is -2.36. The van der Waals surface area contributed by atoms with Crippen molar-refractivity contribution in [3.63, 3.8) is 0 Å². The van der Waals surface area contributed by atoms with Gasteiger partial charge in [0.2, 0.25) is 0 Å². The monoisotopic (exact) mass is 351 g/mol. The van der Waals surface area contributed by atoms with Crippen molar-refractivity contribution in [1.82, 2.24) is 4.98 Å². The molecule has 0 atom stereocenters. The number of anilines is 2. The minimum absolute atomic E-state index is 0.102. The molecule has 1 aliphatic carbocycles. The van der Waals surface area contributed by atoms with Crippen molar-refractivity contribution in [2.45, 2.75) is 64.3 Å². The molecule has 1 aromatic carbocycles. The standard InChI is InChI=1S/C22H29N3O/c1-22(2,3)16-9-11-18(12-10-16)25-21(26)20-14-13-19(15-23-20)24-17-7-5-4-6-8-17/h9-15,17,24H,4-8H2,1-3H3,(H,25,26). The van der Waals surface area contributed by atoms with Gasteiger partial charge in [-0.15, -0.1) is 0 Å². The van der Waals surface area contributed by atoms with Gasteiger partial charge in [0.25, 0.3) is 5.91 Å². The van der Waals surface area contributed by atoms with Crippen LogP contribution in [0.3, 0.4) is 0 Å². The molecule has 2 N–H and O–H groups in total. The number of benzene rings is 1. The molecular weight excluding hydrogens is 322 g/mol. The molecule has 0 bridgehead atoms. The third-order valence-corrected chi connectivity index (χ3v) is 4.98. The maximum absolute atomic E-state index is 12.4. The van der Waals surface area contributed by atoms with Gasteiger partial charge in [0.05, 0.1) is 11.9 Å². The van der Waals surface area contributed by atoms with E-state index in [2.05, 4.69) is 48.5 Å². The van der Waals surface area contributed by atoms with Crippen LogP contribution in [0.5, 0.6) is 0 Å². The lowest BCUT2D eigenvalue weighted by Gasteiger charge is -2.23. The molecule has 1 aliphatic rings. The molecule has 1 heterocycles. The predicted molar refractivity (Wildman–Crippen MR) is 108 cm³/mol. The van der Waals surface area contributed by atoms with Crippen molar-refractivity contribution < 1.29 is 4.79 Å². The van der Waals surface area contributed by atoms with E-state index in [0.29, 0.717) is 11.7 Å². The minimum Gasteiger partial charge on any atom is -0.381 e. The first-order valence-electron chi connectivity index (χ1n) is 9.56. The van der Waals surface area contributed by atoms with Gasteiger partial charge in [-0.05, 0) is 48.1 Å². The van der Waals surface area contributed by atoms with E-state index in [1.54, 1.807) is 12.3 Å². The molecule has 138 valence electrons. The van der Waals surface area contributed by atoms with E-state index < -0.39 is 0 Å². The molecule has 1 amide bonds. The number of amides is 1. The van der Waals surface area contributed by atoms with Crippen molar-refractivity contribution in [2.24, 2.45) is 0 Å². The fourth-order valence-corrected chi connectivity index (χ4v) is 3.34. The molecule has 4 heteroatoms. The molecule has 1 saturated carbocycles. The first-order chi connectivity index (χ1) is 12.4. The highest BCUT2D eigenvalue weighted by molar-refractivity contribution is 6.02. The Bertz CT molecular complexity index is 723. The molecule has 1 aromatic heterocycles. The van der Waals surface area contributed by atoms with Gasteiger partial charge in [0.1, 0.15) is 5.69 Å². The highest BCUT2D eigenvalue weighted by Crippen LogP contribution is 2.24. The maximum Gasteiger partial charge on any atom is 0.274 e. The van der Waals surface area contributed by atoms with Crippen molar-refractivity contribution in [3.8, 4) is 0 Å². The normalized spacial score (nSPS) is 15.5. The number of hydrogen-bond donors (Lipinski definition) is 2. The molecule has 0 spiro atoms. The summed E-state index contributed by atoms with van der Waals surface area (Å²) >= 11 is 0. The zero-order chi connectivity index (χ0) is 18.6. The van der Waals surface area contributed by atoms with Crippen LogP contribution < -0.4 is 10.6 Å². The molecule has 0 aliphatic heterocycles. The van der Waals surface area contributed by atoms with E-state index in [9.17, 15) is 4.79 Å². The summed E-state index contributed by atoms with van der Waals surface area (Å²) in [5.41, 5.74) is 3.55. The van der Waals surface area contributed by atoms with Crippen LogP contribution in [0.2, 0.25) is 0 Å². The molecule has 0 unspecified atom stereocenters. The fourth-order valence-electron chi connectivity index (χ4n) is 3.34. The Morgan fingerprint density at radius 1 is 0.962 bits per heavy atom. The first-order valence-corrected chi connectivity index (χ1v) is 9.56. The molecular formula is C22H29N3O. The second kappa shape index (κ2) is 7.90. The van der Waals surface area contributed by atoms with Gasteiger partial charge in [-0.2, -0.15) is 0 Å². The van der Waals surface area contributed by atoms with Crippen LogP contribution in [0.1, 0.15) is 68.9 Å². The predicted octanol–water partition coefficient (Wildman–Crippen LogP) is 5.38. The van der Waals surface area contributed by atoms with Crippen LogP contribution in [-0.2, 0) is 5.41 Å². The number of nitrogens with zero attached hydrogens (tertiary/aromatic N) is 1. The number of aromatic nitrogens is 1. The van der Waals surface area contributed by atoms with Crippen molar-refractivity contribution >= 4 is 17.3 Å². The van der Waals surface area contributed by atoms with Gasteiger partial charge in [0.15, 0.2) is 0 Å². The van der Waals surface area contributed by atoms with E-state index >= 15 is 0 Å². The summed E-state index contributed by atoms with van der Waals surface area (Å²) in [7, 11) is 0. The Kier molecular flexibility index (Phi) is 5.60. The smallest absolute Gasteiger partial charge is 0.274 e. The lowest BCUT2D eigenvalue weighted by Crippen LogP contribution is -2.22. The molecule has 2 aromatic rings. The highest BCUT2D eigenvalue weighted by atomic mass is 16.1. The number of pyridine rings is 1. The number of rotatable bonds is 4. The van der Waals surface area contributed by atoms with Gasteiger partial charge in [0, 0.05) is 11.7 Å². The second-order valence-corrected chi connectivity index (χ2v) is 8.19. The average molecular weight is 351 g/mol. The highest BCUT2D eigenvalue weighted by Gasteiger charge is 2.15. The SMILES string of the molecule is CC(C)(C)c1ccc(NC(=O)c2ccc(NC3CCCCC3)cn2)cc1. The summed E-state index contributed by atoms with van der Waals surface area (Å²) in [6, 6.07) is 12.3. The van der Waals surface area contributed by atoms with E-state index in [-0.39, 0.29) is 11.3 Å². The summed E-state index contributed by atoms with van der Waals surface area (Å²) in [5.74, 6) is -0.183. The van der Waals surface area contributed by atoms with Crippen LogP contribution in [0.4, 0.5) is 11.4 Å². The number of carbonyl (C=O) groups excluding carboxylic acids is 1. The van der Waals surface area contributed by atoms with Gasteiger partial charge < -0.3 is 10.6 Å². The Morgan fingerprint density at radius 2 is 1.62 bits per heavy atom. The van der Waals surface area contributed by atoms with Crippen LogP contribution in [0.25, 0.3) is 0 Å². The van der Waals surface area contributed by atoms with Crippen LogP contribution >= 0.6 is 0 Å². The summed E-state index contributed by atoms with van der Waals surface area (Å²) in [6.45, 7) is 6.52. The number of hydrogen-bond acceptors (Lipinski definition) is 3. The van der Waals surface area contributed by atoms with Gasteiger partial charge in [-0.1, -0.05) is 52.2 Å². The number of carbonyl (C=O) groups is 1. The molecule has 1 fully saturated rings. The van der Waals surface area contributed by atoms with Crippen LogP contribution in [0.15, 0.2) is 42.6 Å². The van der Waals surface area contributed by atoms with E-state index in [1.165, 1.54) is 37.7 Å². The Labute approximate surface area is 156 Å². The van der Waals surface area contributed by atoms with Crippen molar-refractivity contribution in [1.29, 1.82) is 0 Å². The van der Waals surface area contributed by atoms with Gasteiger partial charge >= 0.3 is 0 Å². The molecule has 0 saturated heterocycles. The Balaban J connectivity index is 1.59. The largest absolute Gasteiger partial charge is 0.381 e. The van der Waals surface area contributed by atoms with Crippen LogP contribution in [0, 0.1) is 0 Å². The zero-order valence-corrected chi connectivity index (χ0v) is 16.0. The third kappa shape index (κ3) is 4.84. The summed E-state index contributed by atoms with van der Waals surface area (Å²) in [5, 5.41) is 6.44. The Morgan fingerprint density at radius 3 is 2.19 bits per heavy atom. The minimum atomic E-state index is -0.183. The average Bonchev–Trinajstić information content (AvgIpc) is 2.63. The van der Waals surface area contributed by atoms with Gasteiger partial charge in [-0.25, -0.2) is 4.98 Å². The fraction of sp³-hybridized carbons (Fsp3) is 0.455. The van der Waals surface area contributed by atoms with E-state index in [1.807, 2.05) is 18.2 Å². The second-order valence-electron chi connectivity index (χ2n) is 8.19. The van der Waals surface area contributed by atoms with Gasteiger partial charge in [-0.3, -0.25) is 4.79 Å². The molecule has 26 heavy (non-hydrogen) atoms. The maximum atomic E-state index is 12.4. The quantitative estimate of drug-likeness (QED) is 0.778.